The van der Waals surface area contributed by atoms with E-state index in [-0.39, 0.29) is 0 Å². The Morgan fingerprint density at radius 2 is 2.23 bits per heavy atom. The summed E-state index contributed by atoms with van der Waals surface area (Å²) in [7, 11) is 1.79. The summed E-state index contributed by atoms with van der Waals surface area (Å²) in [5.41, 5.74) is 6.29. The Morgan fingerprint density at radius 1 is 1.46 bits per heavy atom. The Morgan fingerprint density at radius 3 is 2.85 bits per heavy atom. The maximum absolute atomic E-state index is 5.36. The van der Waals surface area contributed by atoms with E-state index in [1.807, 2.05) is 13.0 Å². The number of aryl methyl sites for hydroxylation is 1. The first-order valence-electron chi connectivity index (χ1n) is 4.23. The monoisotopic (exact) mass is 181 g/mol. The average Bonchev–Trinajstić information content (AvgIpc) is 2.14. The molecule has 5 nitrogen and oxygen atoms in total. The van der Waals surface area contributed by atoms with Gasteiger partial charge in [0.15, 0.2) is 0 Å². The topological polar surface area (TPSA) is 75.9 Å². The summed E-state index contributed by atoms with van der Waals surface area (Å²) in [6.07, 6.45) is 0. The molecule has 0 atom stereocenters. The molecule has 1 rings (SSSR count). The molecule has 72 valence electrons. The second kappa shape index (κ2) is 4.61. The van der Waals surface area contributed by atoms with E-state index in [2.05, 4.69) is 20.6 Å². The van der Waals surface area contributed by atoms with E-state index in [0.29, 0.717) is 12.5 Å². The van der Waals surface area contributed by atoms with Gasteiger partial charge in [0.05, 0.1) is 0 Å². The van der Waals surface area contributed by atoms with Gasteiger partial charge in [0.2, 0.25) is 5.95 Å². The second-order valence-electron chi connectivity index (χ2n) is 2.68. The third-order valence-electron chi connectivity index (χ3n) is 1.53. The third-order valence-corrected chi connectivity index (χ3v) is 1.53. The molecule has 0 radical (unpaired) electrons. The van der Waals surface area contributed by atoms with Crippen LogP contribution in [-0.2, 0) is 0 Å². The zero-order valence-corrected chi connectivity index (χ0v) is 7.96. The summed E-state index contributed by atoms with van der Waals surface area (Å²) in [6.45, 7) is 3.24. The molecule has 13 heavy (non-hydrogen) atoms. The van der Waals surface area contributed by atoms with Crippen molar-refractivity contribution in [1.29, 1.82) is 0 Å². The largest absolute Gasteiger partial charge is 0.369 e. The molecule has 0 aromatic carbocycles. The zero-order chi connectivity index (χ0) is 9.68. The maximum Gasteiger partial charge on any atom is 0.224 e. The number of aromatic nitrogens is 2. The van der Waals surface area contributed by atoms with Crippen LogP contribution in [0.3, 0.4) is 0 Å². The van der Waals surface area contributed by atoms with Crippen molar-refractivity contribution in [1.82, 2.24) is 9.97 Å². The summed E-state index contributed by atoms with van der Waals surface area (Å²) in [5.74, 6) is 1.43. The highest BCUT2D eigenvalue weighted by atomic mass is 15.1. The summed E-state index contributed by atoms with van der Waals surface area (Å²) in [4.78, 5) is 8.37. The van der Waals surface area contributed by atoms with E-state index >= 15 is 0 Å². The lowest BCUT2D eigenvalue weighted by molar-refractivity contribution is 0.998. The quantitative estimate of drug-likeness (QED) is 0.618. The molecular weight excluding hydrogens is 166 g/mol. The van der Waals surface area contributed by atoms with Crippen molar-refractivity contribution in [2.24, 2.45) is 5.73 Å². The zero-order valence-electron chi connectivity index (χ0n) is 7.96. The van der Waals surface area contributed by atoms with Crippen molar-refractivity contribution in [2.75, 3.05) is 30.8 Å². The van der Waals surface area contributed by atoms with Gasteiger partial charge in [-0.25, -0.2) is 4.98 Å². The standard InChI is InChI=1S/C8H15N5/c1-6-5-7(11-4-3-9)13-8(10-2)12-6/h5H,3-4,9H2,1-2H3,(H2,10,11,12,13). The van der Waals surface area contributed by atoms with Crippen LogP contribution in [-0.4, -0.2) is 30.1 Å². The summed E-state index contributed by atoms with van der Waals surface area (Å²) >= 11 is 0. The number of nitrogens with one attached hydrogen (secondary N) is 2. The molecule has 1 aromatic heterocycles. The van der Waals surface area contributed by atoms with Crippen molar-refractivity contribution in [3.8, 4) is 0 Å². The van der Waals surface area contributed by atoms with Crippen molar-refractivity contribution in [3.63, 3.8) is 0 Å². The molecule has 4 N–H and O–H groups in total. The van der Waals surface area contributed by atoms with E-state index in [1.165, 1.54) is 0 Å². The lowest BCUT2D eigenvalue weighted by Gasteiger charge is -2.06. The first kappa shape index (κ1) is 9.73. The summed E-state index contributed by atoms with van der Waals surface area (Å²) < 4.78 is 0. The highest BCUT2D eigenvalue weighted by molar-refractivity contribution is 5.41. The van der Waals surface area contributed by atoms with Crippen molar-refractivity contribution in [3.05, 3.63) is 11.8 Å². The van der Waals surface area contributed by atoms with Crippen molar-refractivity contribution in [2.45, 2.75) is 6.92 Å². The number of nitrogens with zero attached hydrogens (tertiary/aromatic N) is 2. The number of hydrogen-bond donors (Lipinski definition) is 3. The van der Waals surface area contributed by atoms with E-state index in [0.717, 1.165) is 18.1 Å². The Kier molecular flexibility index (Phi) is 3.45. The number of nitrogens with two attached hydrogens (primary N) is 1. The molecule has 0 aliphatic carbocycles. The molecule has 0 bridgehead atoms. The maximum atomic E-state index is 5.36. The van der Waals surface area contributed by atoms with Crippen LogP contribution in [0.5, 0.6) is 0 Å². The lowest BCUT2D eigenvalue weighted by atomic mass is 10.4. The van der Waals surface area contributed by atoms with E-state index in [1.54, 1.807) is 7.05 Å². The molecule has 0 aliphatic rings. The Balaban J connectivity index is 2.76. The predicted molar refractivity (Wildman–Crippen MR) is 53.9 cm³/mol. The van der Waals surface area contributed by atoms with E-state index in [9.17, 15) is 0 Å². The molecule has 1 aromatic rings. The number of anilines is 2. The van der Waals surface area contributed by atoms with E-state index < -0.39 is 0 Å². The molecule has 0 saturated heterocycles. The van der Waals surface area contributed by atoms with Gasteiger partial charge < -0.3 is 16.4 Å². The molecule has 0 spiro atoms. The van der Waals surface area contributed by atoms with Crippen molar-refractivity contribution < 1.29 is 0 Å². The van der Waals surface area contributed by atoms with Crippen LogP contribution in [0.15, 0.2) is 6.07 Å². The van der Waals surface area contributed by atoms with Crippen LogP contribution in [0.1, 0.15) is 5.69 Å². The normalized spacial score (nSPS) is 9.77. The molecule has 1 heterocycles. The van der Waals surface area contributed by atoms with Crippen molar-refractivity contribution >= 4 is 11.8 Å². The molecule has 0 unspecified atom stereocenters. The van der Waals surface area contributed by atoms with Gasteiger partial charge in [-0.15, -0.1) is 0 Å². The van der Waals surface area contributed by atoms with Crippen LogP contribution in [0, 0.1) is 6.92 Å². The number of hydrogen-bond acceptors (Lipinski definition) is 5. The van der Waals surface area contributed by atoms with Crippen LogP contribution < -0.4 is 16.4 Å². The first-order chi connectivity index (χ1) is 6.26. The van der Waals surface area contributed by atoms with Crippen LogP contribution >= 0.6 is 0 Å². The highest BCUT2D eigenvalue weighted by Crippen LogP contribution is 2.07. The van der Waals surface area contributed by atoms with Gasteiger partial charge in [-0.05, 0) is 6.92 Å². The number of rotatable bonds is 4. The molecule has 0 amide bonds. The highest BCUT2D eigenvalue weighted by Gasteiger charge is 1.98. The van der Waals surface area contributed by atoms with Crippen LogP contribution in [0.4, 0.5) is 11.8 Å². The Labute approximate surface area is 77.8 Å². The first-order valence-corrected chi connectivity index (χ1v) is 4.23. The second-order valence-corrected chi connectivity index (χ2v) is 2.68. The minimum atomic E-state index is 0.595. The van der Waals surface area contributed by atoms with Gasteiger partial charge in [0.25, 0.3) is 0 Å². The van der Waals surface area contributed by atoms with E-state index in [4.69, 9.17) is 5.73 Å². The van der Waals surface area contributed by atoms with Crippen LogP contribution in [0.2, 0.25) is 0 Å². The minimum Gasteiger partial charge on any atom is -0.369 e. The SMILES string of the molecule is CNc1nc(C)cc(NCCN)n1. The Hall–Kier alpha value is -1.36. The van der Waals surface area contributed by atoms with Gasteiger partial charge in [-0.3, -0.25) is 0 Å². The van der Waals surface area contributed by atoms with Gasteiger partial charge >= 0.3 is 0 Å². The molecule has 0 fully saturated rings. The fourth-order valence-electron chi connectivity index (χ4n) is 0.971. The molecule has 5 heteroatoms. The van der Waals surface area contributed by atoms with Gasteiger partial charge in [0, 0.05) is 31.9 Å². The van der Waals surface area contributed by atoms with Gasteiger partial charge in [-0.1, -0.05) is 0 Å². The molecule has 0 aliphatic heterocycles. The van der Waals surface area contributed by atoms with Gasteiger partial charge in [-0.2, -0.15) is 4.98 Å². The van der Waals surface area contributed by atoms with Crippen LogP contribution in [0.25, 0.3) is 0 Å². The smallest absolute Gasteiger partial charge is 0.224 e. The third kappa shape index (κ3) is 2.87. The average molecular weight is 181 g/mol. The lowest BCUT2D eigenvalue weighted by Crippen LogP contribution is -2.14. The fraction of sp³-hybridized carbons (Fsp3) is 0.500. The fourth-order valence-corrected chi connectivity index (χ4v) is 0.971. The van der Waals surface area contributed by atoms with Gasteiger partial charge in [0.1, 0.15) is 5.82 Å². The Bertz CT molecular complexity index is 273. The minimum absolute atomic E-state index is 0.595. The molecular formula is C8H15N5. The molecule has 0 saturated carbocycles. The summed E-state index contributed by atoms with van der Waals surface area (Å²) in [6, 6.07) is 1.89. The predicted octanol–water partition coefficient (Wildman–Crippen LogP) is 0.197. The summed E-state index contributed by atoms with van der Waals surface area (Å²) in [5, 5.41) is 5.98.